The number of aliphatic hydroxyl groups excluding tert-OH is 1. The summed E-state index contributed by atoms with van der Waals surface area (Å²) in [6.45, 7) is 2.75. The number of benzene rings is 1. The van der Waals surface area contributed by atoms with Gasteiger partial charge in [-0.2, -0.15) is 0 Å². The van der Waals surface area contributed by atoms with E-state index >= 15 is 0 Å². The van der Waals surface area contributed by atoms with Gasteiger partial charge in [-0.15, -0.1) is 0 Å². The smallest absolute Gasteiger partial charge is 0.242 e. The number of hydrogen-bond donors (Lipinski definition) is 3. The summed E-state index contributed by atoms with van der Waals surface area (Å²) in [6.07, 6.45) is -0.454. The molecule has 0 spiro atoms. The van der Waals surface area contributed by atoms with E-state index in [2.05, 4.69) is 10.0 Å². The Morgan fingerprint density at radius 3 is 2.61 bits per heavy atom. The van der Waals surface area contributed by atoms with Crippen LogP contribution in [0.15, 0.2) is 29.2 Å². The summed E-state index contributed by atoms with van der Waals surface area (Å²) >= 11 is 5.82. The summed E-state index contributed by atoms with van der Waals surface area (Å²) in [7, 11) is -3.58. The van der Waals surface area contributed by atoms with E-state index in [0.29, 0.717) is 13.1 Å². The molecule has 0 aliphatic rings. The lowest BCUT2D eigenvalue weighted by Crippen LogP contribution is -2.34. The van der Waals surface area contributed by atoms with E-state index in [0.717, 1.165) is 0 Å². The molecule has 0 amide bonds. The van der Waals surface area contributed by atoms with Crippen molar-refractivity contribution in [2.75, 3.05) is 19.6 Å². The third-order valence-corrected chi connectivity index (χ3v) is 4.12. The van der Waals surface area contributed by atoms with Gasteiger partial charge in [-0.05, 0) is 19.1 Å². The summed E-state index contributed by atoms with van der Waals surface area (Å²) in [5, 5.41) is 12.1. The molecule has 18 heavy (non-hydrogen) atoms. The molecule has 0 aliphatic carbocycles. The minimum Gasteiger partial charge on any atom is -0.392 e. The molecule has 0 bridgehead atoms. The predicted octanol–water partition coefficient (Wildman–Crippen LogP) is 0.589. The molecule has 0 fully saturated rings. The number of rotatable bonds is 7. The molecule has 0 aliphatic heterocycles. The van der Waals surface area contributed by atoms with E-state index in [4.69, 9.17) is 16.7 Å². The lowest BCUT2D eigenvalue weighted by molar-refractivity contribution is 0.192. The van der Waals surface area contributed by atoms with Gasteiger partial charge in [0.15, 0.2) is 0 Å². The molecule has 3 N–H and O–H groups in total. The van der Waals surface area contributed by atoms with Gasteiger partial charge in [0.05, 0.1) is 11.1 Å². The van der Waals surface area contributed by atoms with Gasteiger partial charge in [0, 0.05) is 19.6 Å². The van der Waals surface area contributed by atoms with Crippen molar-refractivity contribution in [3.8, 4) is 0 Å². The van der Waals surface area contributed by atoms with Gasteiger partial charge < -0.3 is 10.4 Å². The lowest BCUT2D eigenvalue weighted by Gasteiger charge is -2.09. The highest BCUT2D eigenvalue weighted by Crippen LogP contribution is 2.19. The molecule has 5 nitrogen and oxygen atoms in total. The average molecular weight is 293 g/mol. The fourth-order valence-corrected chi connectivity index (χ4v) is 2.87. The third kappa shape index (κ3) is 4.91. The fraction of sp³-hybridized carbons (Fsp3) is 0.455. The molecule has 1 aromatic carbocycles. The molecule has 1 unspecified atom stereocenters. The van der Waals surface area contributed by atoms with Crippen LogP contribution in [0, 0.1) is 0 Å². The highest BCUT2D eigenvalue weighted by molar-refractivity contribution is 7.89. The van der Waals surface area contributed by atoms with E-state index in [9.17, 15) is 8.42 Å². The van der Waals surface area contributed by atoms with Gasteiger partial charge in [-0.25, -0.2) is 13.1 Å². The quantitative estimate of drug-likeness (QED) is 0.643. The minimum atomic E-state index is -3.58. The van der Waals surface area contributed by atoms with E-state index in [1.54, 1.807) is 19.1 Å². The van der Waals surface area contributed by atoms with Crippen molar-refractivity contribution >= 4 is 21.6 Å². The maximum absolute atomic E-state index is 11.9. The van der Waals surface area contributed by atoms with Gasteiger partial charge in [0.1, 0.15) is 4.90 Å². The molecule has 0 saturated heterocycles. The Balaban J connectivity index is 2.49. The zero-order chi connectivity index (χ0) is 13.6. The van der Waals surface area contributed by atoms with Crippen LogP contribution in [0.25, 0.3) is 0 Å². The van der Waals surface area contributed by atoms with Crippen LogP contribution in [0.2, 0.25) is 5.02 Å². The topological polar surface area (TPSA) is 78.4 Å². The van der Waals surface area contributed by atoms with Crippen molar-refractivity contribution in [1.82, 2.24) is 10.0 Å². The number of sulfonamides is 1. The second-order valence-corrected chi connectivity index (χ2v) is 6.02. The Morgan fingerprint density at radius 2 is 2.00 bits per heavy atom. The fourth-order valence-electron chi connectivity index (χ4n) is 1.33. The Bertz CT molecular complexity index is 477. The van der Waals surface area contributed by atoms with Crippen LogP contribution in [0.3, 0.4) is 0 Å². The number of hydrogen-bond acceptors (Lipinski definition) is 4. The molecule has 1 rings (SSSR count). The maximum Gasteiger partial charge on any atom is 0.242 e. The van der Waals surface area contributed by atoms with Crippen molar-refractivity contribution in [3.05, 3.63) is 29.3 Å². The first-order chi connectivity index (χ1) is 8.43. The molecule has 1 atom stereocenters. The molecule has 102 valence electrons. The lowest BCUT2D eigenvalue weighted by atomic mass is 10.4. The van der Waals surface area contributed by atoms with E-state index in [-0.39, 0.29) is 16.5 Å². The van der Waals surface area contributed by atoms with Crippen LogP contribution >= 0.6 is 11.6 Å². The zero-order valence-electron chi connectivity index (χ0n) is 10.1. The summed E-state index contributed by atoms with van der Waals surface area (Å²) in [6, 6.07) is 6.27. The van der Waals surface area contributed by atoms with Gasteiger partial charge in [-0.3, -0.25) is 0 Å². The predicted molar refractivity (Wildman–Crippen MR) is 71.2 cm³/mol. The van der Waals surface area contributed by atoms with E-state index in [1.807, 2.05) is 0 Å². The van der Waals surface area contributed by atoms with E-state index < -0.39 is 16.1 Å². The van der Waals surface area contributed by atoms with Crippen molar-refractivity contribution in [2.24, 2.45) is 0 Å². The molecule has 0 aromatic heterocycles. The van der Waals surface area contributed by atoms with Gasteiger partial charge >= 0.3 is 0 Å². The number of aliphatic hydroxyl groups is 1. The molecular formula is C11H17ClN2O3S. The summed E-state index contributed by atoms with van der Waals surface area (Å²) in [5.74, 6) is 0. The SMILES string of the molecule is CC(O)CNCCNS(=O)(=O)c1ccccc1Cl. The zero-order valence-corrected chi connectivity index (χ0v) is 11.6. The highest BCUT2D eigenvalue weighted by Gasteiger charge is 2.16. The monoisotopic (exact) mass is 292 g/mol. The molecule has 0 saturated carbocycles. The third-order valence-electron chi connectivity index (χ3n) is 2.16. The first-order valence-corrected chi connectivity index (χ1v) is 7.42. The van der Waals surface area contributed by atoms with Crippen LogP contribution in [0.5, 0.6) is 0 Å². The van der Waals surface area contributed by atoms with Crippen molar-refractivity contribution < 1.29 is 13.5 Å². The first kappa shape index (κ1) is 15.4. The normalized spacial score (nSPS) is 13.5. The van der Waals surface area contributed by atoms with Crippen LogP contribution in [-0.2, 0) is 10.0 Å². The standard InChI is InChI=1S/C11H17ClN2O3S/c1-9(15)8-13-6-7-14-18(16,17)11-5-3-2-4-10(11)12/h2-5,9,13-15H,6-8H2,1H3. The Morgan fingerprint density at radius 1 is 1.33 bits per heavy atom. The van der Waals surface area contributed by atoms with Gasteiger partial charge in [-0.1, -0.05) is 23.7 Å². The van der Waals surface area contributed by atoms with Crippen LogP contribution < -0.4 is 10.0 Å². The summed E-state index contributed by atoms with van der Waals surface area (Å²) < 4.78 is 26.2. The van der Waals surface area contributed by atoms with Crippen LogP contribution in [-0.4, -0.2) is 39.3 Å². The van der Waals surface area contributed by atoms with Crippen LogP contribution in [0.4, 0.5) is 0 Å². The minimum absolute atomic E-state index is 0.0715. The van der Waals surface area contributed by atoms with Crippen molar-refractivity contribution in [1.29, 1.82) is 0 Å². The molecule has 0 radical (unpaired) electrons. The first-order valence-electron chi connectivity index (χ1n) is 5.56. The van der Waals surface area contributed by atoms with Crippen LogP contribution in [0.1, 0.15) is 6.92 Å². The van der Waals surface area contributed by atoms with Gasteiger partial charge in [0.25, 0.3) is 0 Å². The Hall–Kier alpha value is -0.660. The maximum atomic E-state index is 11.9. The number of nitrogens with one attached hydrogen (secondary N) is 2. The van der Waals surface area contributed by atoms with Crippen molar-refractivity contribution in [2.45, 2.75) is 17.9 Å². The highest BCUT2D eigenvalue weighted by atomic mass is 35.5. The Kier molecular flexibility index (Phi) is 6.04. The average Bonchev–Trinajstić information content (AvgIpc) is 2.28. The summed E-state index contributed by atoms with van der Waals surface area (Å²) in [4.78, 5) is 0.0715. The van der Waals surface area contributed by atoms with E-state index in [1.165, 1.54) is 12.1 Å². The molecular weight excluding hydrogens is 276 g/mol. The largest absolute Gasteiger partial charge is 0.392 e. The second-order valence-electron chi connectivity index (χ2n) is 3.88. The summed E-state index contributed by atoms with van der Waals surface area (Å²) in [5.41, 5.74) is 0. The van der Waals surface area contributed by atoms with Gasteiger partial charge in [0.2, 0.25) is 10.0 Å². The number of halogens is 1. The van der Waals surface area contributed by atoms with Crippen molar-refractivity contribution in [3.63, 3.8) is 0 Å². The molecule has 1 aromatic rings. The molecule has 7 heteroatoms. The molecule has 0 heterocycles. The Labute approximate surface area is 112 Å². The second kappa shape index (κ2) is 7.06.